The van der Waals surface area contributed by atoms with Crippen LogP contribution in [0.1, 0.15) is 5.01 Å². The van der Waals surface area contributed by atoms with E-state index in [1.807, 2.05) is 0 Å². The number of nitrogens with zero attached hydrogens (tertiary/aromatic N) is 2. The summed E-state index contributed by atoms with van der Waals surface area (Å²) in [5.74, 6) is 0. The summed E-state index contributed by atoms with van der Waals surface area (Å²) < 4.78 is 0. The molecule has 2 heterocycles. The Labute approximate surface area is 77.7 Å². The quantitative estimate of drug-likeness (QED) is 0.764. The first-order chi connectivity index (χ1) is 5.79. The number of hydrogen-bond donors (Lipinski definition) is 1. The van der Waals surface area contributed by atoms with Crippen molar-refractivity contribution < 1.29 is 5.11 Å². The van der Waals surface area contributed by atoms with E-state index in [1.165, 1.54) is 11.3 Å². The second-order valence-corrected chi connectivity index (χ2v) is 3.74. The van der Waals surface area contributed by atoms with Gasteiger partial charge in [0.1, 0.15) is 15.4 Å². The molecule has 0 radical (unpaired) electrons. The first kappa shape index (κ1) is 7.91. The minimum Gasteiger partial charge on any atom is -0.389 e. The topological polar surface area (TPSA) is 46.0 Å². The zero-order valence-electron chi connectivity index (χ0n) is 5.99. The van der Waals surface area contributed by atoms with Crippen molar-refractivity contribution in [2.75, 3.05) is 0 Å². The SMILES string of the molecule is OCc1nc2cc(Cl)cnc2s1. The third kappa shape index (κ3) is 1.29. The van der Waals surface area contributed by atoms with Gasteiger partial charge < -0.3 is 5.11 Å². The lowest BCUT2D eigenvalue weighted by atomic mass is 10.4. The van der Waals surface area contributed by atoms with Crippen LogP contribution in [0.5, 0.6) is 0 Å². The molecule has 0 spiro atoms. The van der Waals surface area contributed by atoms with Gasteiger partial charge >= 0.3 is 0 Å². The van der Waals surface area contributed by atoms with E-state index in [-0.39, 0.29) is 6.61 Å². The maximum Gasteiger partial charge on any atom is 0.143 e. The molecule has 1 N–H and O–H groups in total. The van der Waals surface area contributed by atoms with Crippen LogP contribution >= 0.6 is 22.9 Å². The van der Waals surface area contributed by atoms with Crippen molar-refractivity contribution in [2.45, 2.75) is 6.61 Å². The Morgan fingerprint density at radius 3 is 3.17 bits per heavy atom. The lowest BCUT2D eigenvalue weighted by Crippen LogP contribution is -1.77. The number of fused-ring (bicyclic) bond motifs is 1. The molecule has 0 aliphatic rings. The molecule has 2 aromatic heterocycles. The molecule has 0 aromatic carbocycles. The number of aliphatic hydroxyl groups excluding tert-OH is 1. The molecular weight excluding hydrogens is 196 g/mol. The van der Waals surface area contributed by atoms with Gasteiger partial charge in [-0.2, -0.15) is 0 Å². The van der Waals surface area contributed by atoms with Gasteiger partial charge in [0.2, 0.25) is 0 Å². The largest absolute Gasteiger partial charge is 0.389 e. The van der Waals surface area contributed by atoms with Gasteiger partial charge in [0.15, 0.2) is 0 Å². The van der Waals surface area contributed by atoms with Crippen LogP contribution in [0, 0.1) is 0 Å². The minimum absolute atomic E-state index is 0.0430. The van der Waals surface area contributed by atoms with Gasteiger partial charge in [0, 0.05) is 6.20 Å². The summed E-state index contributed by atoms with van der Waals surface area (Å²) in [6, 6.07) is 1.74. The number of aliphatic hydroxyl groups is 1. The smallest absolute Gasteiger partial charge is 0.143 e. The summed E-state index contributed by atoms with van der Waals surface area (Å²) in [4.78, 5) is 8.98. The van der Waals surface area contributed by atoms with E-state index in [4.69, 9.17) is 16.7 Å². The predicted octanol–water partition coefficient (Wildman–Crippen LogP) is 1.84. The van der Waals surface area contributed by atoms with E-state index in [0.29, 0.717) is 10.0 Å². The highest BCUT2D eigenvalue weighted by Crippen LogP contribution is 2.22. The summed E-state index contributed by atoms with van der Waals surface area (Å²) in [7, 11) is 0. The maximum atomic E-state index is 8.80. The molecule has 2 aromatic rings. The fourth-order valence-electron chi connectivity index (χ4n) is 0.911. The number of rotatable bonds is 1. The average Bonchev–Trinajstić information content (AvgIpc) is 2.46. The van der Waals surface area contributed by atoms with Crippen LogP contribution in [0.4, 0.5) is 0 Å². The Hall–Kier alpha value is -0.710. The molecular formula is C7H5ClN2OS. The molecule has 0 aliphatic heterocycles. The van der Waals surface area contributed by atoms with E-state index in [9.17, 15) is 0 Å². The first-order valence-corrected chi connectivity index (χ1v) is 4.51. The Balaban J connectivity index is 2.67. The summed E-state index contributed by atoms with van der Waals surface area (Å²) in [5, 5.41) is 10.0. The Morgan fingerprint density at radius 2 is 2.42 bits per heavy atom. The van der Waals surface area contributed by atoms with Crippen LogP contribution in [0.2, 0.25) is 5.02 Å². The van der Waals surface area contributed by atoms with Crippen LogP contribution < -0.4 is 0 Å². The molecule has 0 unspecified atom stereocenters. The molecule has 2 rings (SSSR count). The first-order valence-electron chi connectivity index (χ1n) is 3.31. The summed E-state index contributed by atoms with van der Waals surface area (Å²) in [6.07, 6.45) is 1.57. The molecule has 3 nitrogen and oxygen atoms in total. The molecule has 62 valence electrons. The van der Waals surface area contributed by atoms with Gasteiger partial charge in [-0.25, -0.2) is 9.97 Å². The Morgan fingerprint density at radius 1 is 1.58 bits per heavy atom. The number of aromatic nitrogens is 2. The monoisotopic (exact) mass is 200 g/mol. The maximum absolute atomic E-state index is 8.80. The van der Waals surface area contributed by atoms with Crippen molar-refractivity contribution in [2.24, 2.45) is 0 Å². The Bertz CT molecular complexity index is 415. The van der Waals surface area contributed by atoms with Crippen molar-refractivity contribution >= 4 is 33.3 Å². The van der Waals surface area contributed by atoms with Crippen molar-refractivity contribution in [3.63, 3.8) is 0 Å². The zero-order chi connectivity index (χ0) is 8.55. The highest BCUT2D eigenvalue weighted by atomic mass is 35.5. The van der Waals surface area contributed by atoms with Crippen LogP contribution in [-0.4, -0.2) is 15.1 Å². The van der Waals surface area contributed by atoms with Crippen molar-refractivity contribution in [1.82, 2.24) is 9.97 Å². The van der Waals surface area contributed by atoms with Crippen molar-refractivity contribution in [3.8, 4) is 0 Å². The van der Waals surface area contributed by atoms with Crippen LogP contribution in [-0.2, 0) is 6.61 Å². The second kappa shape index (κ2) is 2.97. The second-order valence-electron chi connectivity index (χ2n) is 2.24. The molecule has 0 fully saturated rings. The number of hydrogen-bond acceptors (Lipinski definition) is 4. The molecule has 12 heavy (non-hydrogen) atoms. The zero-order valence-corrected chi connectivity index (χ0v) is 7.56. The van der Waals surface area contributed by atoms with Gasteiger partial charge in [-0.3, -0.25) is 0 Å². The molecule has 0 saturated heterocycles. The lowest BCUT2D eigenvalue weighted by Gasteiger charge is -1.85. The molecule has 0 saturated carbocycles. The van der Waals surface area contributed by atoms with Gasteiger partial charge in [-0.15, -0.1) is 0 Å². The predicted molar refractivity (Wildman–Crippen MR) is 48.3 cm³/mol. The van der Waals surface area contributed by atoms with Gasteiger partial charge in [0.25, 0.3) is 0 Å². The standard InChI is InChI=1S/C7H5ClN2OS/c8-4-1-5-7(9-2-4)12-6(3-11)10-5/h1-2,11H,3H2. The van der Waals surface area contributed by atoms with E-state index in [1.54, 1.807) is 12.3 Å². The summed E-state index contributed by atoms with van der Waals surface area (Å²) in [5.41, 5.74) is 0.747. The van der Waals surface area contributed by atoms with E-state index in [0.717, 1.165) is 10.3 Å². The third-order valence-corrected chi connectivity index (χ3v) is 2.56. The highest BCUT2D eigenvalue weighted by Gasteiger charge is 2.03. The fraction of sp³-hybridized carbons (Fsp3) is 0.143. The van der Waals surface area contributed by atoms with E-state index < -0.39 is 0 Å². The van der Waals surface area contributed by atoms with Crippen LogP contribution in [0.15, 0.2) is 12.3 Å². The summed E-state index contributed by atoms with van der Waals surface area (Å²) in [6.45, 7) is -0.0430. The van der Waals surface area contributed by atoms with Crippen molar-refractivity contribution in [3.05, 3.63) is 22.3 Å². The van der Waals surface area contributed by atoms with Crippen LogP contribution in [0.3, 0.4) is 0 Å². The van der Waals surface area contributed by atoms with E-state index >= 15 is 0 Å². The number of halogens is 1. The molecule has 5 heteroatoms. The van der Waals surface area contributed by atoms with Gasteiger partial charge in [0.05, 0.1) is 11.6 Å². The number of thiazole rings is 1. The van der Waals surface area contributed by atoms with Crippen LogP contribution in [0.25, 0.3) is 10.3 Å². The normalized spacial score (nSPS) is 10.8. The minimum atomic E-state index is -0.0430. The highest BCUT2D eigenvalue weighted by molar-refractivity contribution is 7.18. The van der Waals surface area contributed by atoms with Gasteiger partial charge in [-0.1, -0.05) is 22.9 Å². The fourth-order valence-corrected chi connectivity index (χ4v) is 1.81. The average molecular weight is 201 g/mol. The van der Waals surface area contributed by atoms with Crippen molar-refractivity contribution in [1.29, 1.82) is 0 Å². The number of pyridine rings is 1. The third-order valence-electron chi connectivity index (χ3n) is 1.39. The molecule has 0 atom stereocenters. The molecule has 0 bridgehead atoms. The van der Waals surface area contributed by atoms with E-state index in [2.05, 4.69) is 9.97 Å². The summed E-state index contributed by atoms with van der Waals surface area (Å²) >= 11 is 7.09. The molecule has 0 amide bonds. The Kier molecular flexibility index (Phi) is 1.96. The lowest BCUT2D eigenvalue weighted by molar-refractivity contribution is 0.281. The molecule has 0 aliphatic carbocycles. The van der Waals surface area contributed by atoms with Gasteiger partial charge in [-0.05, 0) is 6.07 Å².